The van der Waals surface area contributed by atoms with Crippen molar-refractivity contribution in [2.45, 2.75) is 57.7 Å². The first-order chi connectivity index (χ1) is 19.8. The molecule has 5 aromatic rings. The van der Waals surface area contributed by atoms with Crippen LogP contribution in [0.25, 0.3) is 10.9 Å². The molecule has 0 unspecified atom stereocenters. The summed E-state index contributed by atoms with van der Waals surface area (Å²) in [5.74, 6) is 2.12. The normalized spacial score (nSPS) is 12.4. The lowest BCUT2D eigenvalue weighted by Crippen LogP contribution is -2.50. The van der Waals surface area contributed by atoms with Crippen LogP contribution in [0.3, 0.4) is 0 Å². The molecule has 41 heavy (non-hydrogen) atoms. The summed E-state index contributed by atoms with van der Waals surface area (Å²) in [4.78, 5) is 16.6. The molecule has 0 aliphatic heterocycles. The van der Waals surface area contributed by atoms with Gasteiger partial charge in [0.25, 0.3) is 0 Å². The van der Waals surface area contributed by atoms with E-state index in [0.717, 1.165) is 52.9 Å². The number of hydrogen-bond acceptors (Lipinski definition) is 5. The zero-order chi connectivity index (χ0) is 28.8. The van der Waals surface area contributed by atoms with Gasteiger partial charge in [0.05, 0.1) is 25.2 Å². The molecule has 0 spiro atoms. The molecule has 2 aromatic heterocycles. The molecule has 0 radical (unpaired) electrons. The minimum absolute atomic E-state index is 0.246. The Balaban J connectivity index is 1.51. The fourth-order valence-corrected chi connectivity index (χ4v) is 5.08. The maximum Gasteiger partial charge on any atom is 0.240 e. The zero-order valence-corrected chi connectivity index (χ0v) is 23.9. The van der Waals surface area contributed by atoms with Gasteiger partial charge in [-0.2, -0.15) is 0 Å². The van der Waals surface area contributed by atoms with Gasteiger partial charge in [-0.3, -0.25) is 4.79 Å². The van der Waals surface area contributed by atoms with Crippen molar-refractivity contribution in [1.82, 2.24) is 25.1 Å². The molecule has 0 saturated heterocycles. The van der Waals surface area contributed by atoms with Crippen LogP contribution in [-0.2, 0) is 30.6 Å². The van der Waals surface area contributed by atoms with Gasteiger partial charge in [-0.15, -0.1) is 10.2 Å². The number of aromatic amines is 1. The van der Waals surface area contributed by atoms with Crippen LogP contribution < -0.4 is 15.8 Å². The Bertz CT molecular complexity index is 1600. The van der Waals surface area contributed by atoms with Gasteiger partial charge in [0, 0.05) is 29.9 Å². The highest BCUT2D eigenvalue weighted by molar-refractivity contribution is 5.86. The highest BCUT2D eigenvalue weighted by Crippen LogP contribution is 2.26. The lowest BCUT2D eigenvalue weighted by molar-refractivity contribution is -0.126. The minimum atomic E-state index is -1.05. The van der Waals surface area contributed by atoms with Crippen LogP contribution in [-0.4, -0.2) is 38.3 Å². The van der Waals surface area contributed by atoms with Crippen molar-refractivity contribution in [2.24, 2.45) is 5.73 Å². The van der Waals surface area contributed by atoms with Crippen molar-refractivity contribution >= 4 is 16.8 Å². The number of hydrogen-bond donors (Lipinski definition) is 3. The first-order valence-electron chi connectivity index (χ1n) is 14.1. The van der Waals surface area contributed by atoms with Crippen LogP contribution >= 0.6 is 0 Å². The van der Waals surface area contributed by atoms with Gasteiger partial charge in [0.15, 0.2) is 5.82 Å². The Morgan fingerprint density at radius 1 is 1.00 bits per heavy atom. The van der Waals surface area contributed by atoms with Gasteiger partial charge < -0.3 is 25.3 Å². The van der Waals surface area contributed by atoms with E-state index in [1.807, 2.05) is 48.7 Å². The van der Waals surface area contributed by atoms with Crippen LogP contribution in [0.2, 0.25) is 0 Å². The molecule has 3 aromatic carbocycles. The Labute approximate surface area is 240 Å². The van der Waals surface area contributed by atoms with Crippen molar-refractivity contribution in [3.8, 4) is 5.75 Å². The number of aromatic nitrogens is 4. The molecular weight excluding hydrogens is 512 g/mol. The molecule has 1 atom stereocenters. The number of methoxy groups -OCH3 is 1. The Hall–Kier alpha value is -4.43. The van der Waals surface area contributed by atoms with E-state index in [1.165, 1.54) is 5.56 Å². The van der Waals surface area contributed by atoms with E-state index in [2.05, 4.69) is 56.4 Å². The average Bonchev–Trinajstić information content (AvgIpc) is 3.56. The molecule has 4 N–H and O–H groups in total. The summed E-state index contributed by atoms with van der Waals surface area (Å²) in [5, 5.41) is 13.7. The summed E-state index contributed by atoms with van der Waals surface area (Å²) in [6, 6.07) is 26.2. The average molecular weight is 551 g/mol. The summed E-state index contributed by atoms with van der Waals surface area (Å²) in [5.41, 5.74) is 9.65. The molecule has 0 aliphatic carbocycles. The number of rotatable bonds is 12. The number of ether oxygens (including phenoxy) is 1. The number of carbonyl (C=O) groups excluding carboxylic acids is 1. The largest absolute Gasteiger partial charge is 0.497 e. The number of nitrogens with two attached hydrogens (primary N) is 1. The third kappa shape index (κ3) is 6.84. The third-order valence-corrected chi connectivity index (χ3v) is 7.34. The van der Waals surface area contributed by atoms with Crippen LogP contribution in [0.5, 0.6) is 5.75 Å². The lowest BCUT2D eigenvalue weighted by Gasteiger charge is -2.25. The van der Waals surface area contributed by atoms with Crippen LogP contribution in [0.1, 0.15) is 54.6 Å². The first-order valence-corrected chi connectivity index (χ1v) is 14.1. The molecule has 1 amide bonds. The van der Waals surface area contributed by atoms with Gasteiger partial charge in [-0.25, -0.2) is 0 Å². The molecule has 8 nitrogen and oxygen atoms in total. The summed E-state index contributed by atoms with van der Waals surface area (Å²) < 4.78 is 7.62. The van der Waals surface area contributed by atoms with Gasteiger partial charge in [-0.05, 0) is 61.6 Å². The fraction of sp³-hybridized carbons (Fsp3) is 0.303. The fourth-order valence-electron chi connectivity index (χ4n) is 5.08. The molecule has 5 rings (SSSR count). The van der Waals surface area contributed by atoms with E-state index in [0.29, 0.717) is 18.8 Å². The number of para-hydroxylation sites is 1. The molecule has 0 aliphatic rings. The van der Waals surface area contributed by atoms with Gasteiger partial charge >= 0.3 is 0 Å². The van der Waals surface area contributed by atoms with Gasteiger partial charge in [-0.1, -0.05) is 60.7 Å². The number of nitrogens with one attached hydrogen (secondary N) is 2. The lowest BCUT2D eigenvalue weighted by atomic mass is 10.0. The second-order valence-electron chi connectivity index (χ2n) is 11.1. The van der Waals surface area contributed by atoms with Crippen molar-refractivity contribution in [2.75, 3.05) is 7.11 Å². The number of nitrogens with zero attached hydrogens (tertiary/aromatic N) is 3. The number of amides is 1. The van der Waals surface area contributed by atoms with Crippen molar-refractivity contribution in [1.29, 1.82) is 0 Å². The predicted molar refractivity (Wildman–Crippen MR) is 162 cm³/mol. The van der Waals surface area contributed by atoms with Crippen LogP contribution in [0.15, 0.2) is 85.1 Å². The maximum atomic E-state index is 13.2. The highest BCUT2D eigenvalue weighted by atomic mass is 16.5. The number of aryl methyl sites for hydroxylation is 2. The van der Waals surface area contributed by atoms with E-state index in [4.69, 9.17) is 15.6 Å². The molecule has 212 valence electrons. The molecule has 8 heteroatoms. The van der Waals surface area contributed by atoms with E-state index < -0.39 is 11.6 Å². The minimum Gasteiger partial charge on any atom is -0.497 e. The standard InChI is InChI=1S/C33H38N6O2/c1-33(2,34)32(40)36-29(20-25-21-35-28-17-8-7-16-27(25)28)31-38-37-30(18-10-13-23-11-5-4-6-12-23)39(31)22-24-14-9-15-26(19-24)41-3/h4-9,11-12,14-17,19,21,29,35H,10,13,18,20,22,34H2,1-3H3,(H,36,40)/t29-/m1/s1. The third-order valence-electron chi connectivity index (χ3n) is 7.34. The molecule has 2 heterocycles. The monoisotopic (exact) mass is 550 g/mol. The van der Waals surface area contributed by atoms with Crippen molar-refractivity contribution < 1.29 is 9.53 Å². The maximum absolute atomic E-state index is 13.2. The highest BCUT2D eigenvalue weighted by Gasteiger charge is 2.29. The first kappa shape index (κ1) is 28.1. The molecule has 0 saturated carbocycles. The second kappa shape index (κ2) is 12.4. The van der Waals surface area contributed by atoms with E-state index in [-0.39, 0.29) is 5.91 Å². The number of fused-ring (bicyclic) bond motifs is 1. The van der Waals surface area contributed by atoms with Crippen LogP contribution in [0, 0.1) is 0 Å². The summed E-state index contributed by atoms with van der Waals surface area (Å²) in [7, 11) is 1.67. The Morgan fingerprint density at radius 3 is 2.54 bits per heavy atom. The quantitative estimate of drug-likeness (QED) is 0.200. The van der Waals surface area contributed by atoms with Crippen molar-refractivity contribution in [3.63, 3.8) is 0 Å². The second-order valence-corrected chi connectivity index (χ2v) is 11.1. The SMILES string of the molecule is COc1cccc(Cn2c(CCCc3ccccc3)nnc2[C@@H](Cc2c[nH]c3ccccc23)NC(=O)C(C)(C)N)c1. The van der Waals surface area contributed by atoms with Gasteiger partial charge in [0.2, 0.25) is 5.91 Å². The topological polar surface area (TPSA) is 111 Å². The molecule has 0 fully saturated rings. The zero-order valence-electron chi connectivity index (χ0n) is 23.9. The number of carbonyl (C=O) groups is 1. The van der Waals surface area contributed by atoms with E-state index >= 15 is 0 Å². The number of H-pyrrole nitrogens is 1. The summed E-state index contributed by atoms with van der Waals surface area (Å²) in [6.07, 6.45) is 5.16. The Morgan fingerprint density at radius 2 is 1.76 bits per heavy atom. The smallest absolute Gasteiger partial charge is 0.240 e. The van der Waals surface area contributed by atoms with Crippen molar-refractivity contribution in [3.05, 3.63) is 113 Å². The Kier molecular flexibility index (Phi) is 8.50. The summed E-state index contributed by atoms with van der Waals surface area (Å²) in [6.45, 7) is 3.97. The number of benzene rings is 3. The van der Waals surface area contributed by atoms with E-state index in [1.54, 1.807) is 21.0 Å². The predicted octanol–water partition coefficient (Wildman–Crippen LogP) is 5.13. The molecule has 0 bridgehead atoms. The van der Waals surface area contributed by atoms with Crippen LogP contribution in [0.4, 0.5) is 0 Å². The van der Waals surface area contributed by atoms with Gasteiger partial charge in [0.1, 0.15) is 11.6 Å². The van der Waals surface area contributed by atoms with E-state index in [9.17, 15) is 4.79 Å². The molecular formula is C33H38N6O2. The summed E-state index contributed by atoms with van der Waals surface area (Å²) >= 11 is 0.